The molecular weight excluding hydrogens is 194 g/mol. The minimum atomic E-state index is -0.883. The normalized spacial score (nSPS) is 11.7. The summed E-state index contributed by atoms with van der Waals surface area (Å²) in [7, 11) is 0. The third-order valence-electron chi connectivity index (χ3n) is 2.04. The van der Waals surface area contributed by atoms with Crippen LogP contribution in [0.15, 0.2) is 11.6 Å². The zero-order chi connectivity index (χ0) is 12.0. The lowest BCUT2D eigenvalue weighted by molar-refractivity contribution is -0.139. The minimum Gasteiger partial charge on any atom is -0.481 e. The van der Waals surface area contributed by atoms with Gasteiger partial charge >= 0.3 is 5.97 Å². The second-order valence-electron chi connectivity index (χ2n) is 3.79. The van der Waals surface area contributed by atoms with E-state index in [1.54, 1.807) is 11.8 Å². The van der Waals surface area contributed by atoms with E-state index in [-0.39, 0.29) is 18.4 Å². The Labute approximate surface area is 90.6 Å². The Kier molecular flexibility index (Phi) is 5.67. The Morgan fingerprint density at radius 3 is 2.27 bits per heavy atom. The standard InChI is InChI=1S/C11H19NO3/c1-5-12(9(4)7-11(14)15)10(13)6-8(2)3/h6,9H,5,7H2,1-4H3,(H,14,15). The molecule has 86 valence electrons. The van der Waals surface area contributed by atoms with Crippen molar-refractivity contribution in [1.82, 2.24) is 4.90 Å². The predicted molar refractivity (Wildman–Crippen MR) is 58.5 cm³/mol. The molecular formula is C11H19NO3. The van der Waals surface area contributed by atoms with Crippen molar-refractivity contribution in [2.24, 2.45) is 0 Å². The van der Waals surface area contributed by atoms with Gasteiger partial charge in [0, 0.05) is 18.7 Å². The van der Waals surface area contributed by atoms with Gasteiger partial charge in [0.2, 0.25) is 5.91 Å². The summed E-state index contributed by atoms with van der Waals surface area (Å²) < 4.78 is 0. The molecule has 0 saturated heterocycles. The van der Waals surface area contributed by atoms with Crippen LogP contribution < -0.4 is 0 Å². The van der Waals surface area contributed by atoms with Crippen molar-refractivity contribution in [3.63, 3.8) is 0 Å². The number of nitrogens with zero attached hydrogens (tertiary/aromatic N) is 1. The van der Waals surface area contributed by atoms with E-state index >= 15 is 0 Å². The molecule has 0 aromatic heterocycles. The first-order chi connectivity index (χ1) is 6.88. The number of rotatable bonds is 5. The first-order valence-electron chi connectivity index (χ1n) is 5.05. The van der Waals surface area contributed by atoms with Gasteiger partial charge in [0.1, 0.15) is 0 Å². The van der Waals surface area contributed by atoms with Crippen LogP contribution in [-0.2, 0) is 9.59 Å². The van der Waals surface area contributed by atoms with E-state index in [1.807, 2.05) is 20.8 Å². The van der Waals surface area contributed by atoms with Gasteiger partial charge in [0.05, 0.1) is 6.42 Å². The average molecular weight is 213 g/mol. The fourth-order valence-corrected chi connectivity index (χ4v) is 1.38. The maximum Gasteiger partial charge on any atom is 0.305 e. The number of carbonyl (C=O) groups excluding carboxylic acids is 1. The van der Waals surface area contributed by atoms with Crippen LogP contribution >= 0.6 is 0 Å². The van der Waals surface area contributed by atoms with Crippen molar-refractivity contribution >= 4 is 11.9 Å². The number of hydrogen-bond donors (Lipinski definition) is 1. The number of carbonyl (C=O) groups is 2. The van der Waals surface area contributed by atoms with E-state index in [0.717, 1.165) is 5.57 Å². The Hall–Kier alpha value is -1.32. The van der Waals surface area contributed by atoms with Crippen LogP contribution in [0.2, 0.25) is 0 Å². The Morgan fingerprint density at radius 1 is 1.40 bits per heavy atom. The van der Waals surface area contributed by atoms with Gasteiger partial charge in [-0.15, -0.1) is 0 Å². The molecule has 1 amide bonds. The molecule has 1 atom stereocenters. The summed E-state index contributed by atoms with van der Waals surface area (Å²) in [6, 6.07) is -0.268. The Bertz CT molecular complexity index is 267. The number of carboxylic acids is 1. The number of amides is 1. The number of aliphatic carboxylic acids is 1. The molecule has 0 aromatic rings. The molecule has 1 N–H and O–H groups in total. The molecule has 0 spiro atoms. The van der Waals surface area contributed by atoms with E-state index in [0.29, 0.717) is 6.54 Å². The maximum absolute atomic E-state index is 11.7. The first kappa shape index (κ1) is 13.7. The fraction of sp³-hybridized carbons (Fsp3) is 0.636. The number of likely N-dealkylation sites (N-methyl/N-ethyl adjacent to an activating group) is 1. The largest absolute Gasteiger partial charge is 0.481 e. The highest BCUT2D eigenvalue weighted by Gasteiger charge is 2.18. The highest BCUT2D eigenvalue weighted by atomic mass is 16.4. The highest BCUT2D eigenvalue weighted by molar-refractivity contribution is 5.88. The van der Waals surface area contributed by atoms with E-state index in [9.17, 15) is 9.59 Å². The zero-order valence-electron chi connectivity index (χ0n) is 9.78. The summed E-state index contributed by atoms with van der Waals surface area (Å²) in [5.74, 6) is -1.00. The molecule has 0 fully saturated rings. The van der Waals surface area contributed by atoms with Crippen molar-refractivity contribution in [2.75, 3.05) is 6.54 Å². The van der Waals surface area contributed by atoms with Crippen molar-refractivity contribution < 1.29 is 14.7 Å². The molecule has 0 bridgehead atoms. The average Bonchev–Trinajstić information content (AvgIpc) is 2.01. The van der Waals surface area contributed by atoms with Crippen molar-refractivity contribution in [3.8, 4) is 0 Å². The summed E-state index contributed by atoms with van der Waals surface area (Å²) >= 11 is 0. The second-order valence-corrected chi connectivity index (χ2v) is 3.79. The molecule has 0 heterocycles. The van der Waals surface area contributed by atoms with Crippen molar-refractivity contribution in [3.05, 3.63) is 11.6 Å². The van der Waals surface area contributed by atoms with Crippen LogP contribution in [0, 0.1) is 0 Å². The second kappa shape index (κ2) is 6.22. The zero-order valence-corrected chi connectivity index (χ0v) is 9.78. The van der Waals surface area contributed by atoms with Gasteiger partial charge in [-0.1, -0.05) is 5.57 Å². The topological polar surface area (TPSA) is 57.6 Å². The van der Waals surface area contributed by atoms with Crippen LogP contribution in [0.4, 0.5) is 0 Å². The van der Waals surface area contributed by atoms with Crippen LogP contribution in [0.25, 0.3) is 0 Å². The van der Waals surface area contributed by atoms with Crippen LogP contribution in [-0.4, -0.2) is 34.5 Å². The predicted octanol–water partition coefficient (Wildman–Crippen LogP) is 1.66. The highest BCUT2D eigenvalue weighted by Crippen LogP contribution is 2.06. The number of carboxylic acid groups (broad SMARTS) is 1. The molecule has 0 saturated carbocycles. The number of hydrogen-bond acceptors (Lipinski definition) is 2. The number of allylic oxidation sites excluding steroid dienone is 1. The maximum atomic E-state index is 11.7. The van der Waals surface area contributed by atoms with Gasteiger partial charge in [0.25, 0.3) is 0 Å². The quantitative estimate of drug-likeness (QED) is 0.707. The first-order valence-corrected chi connectivity index (χ1v) is 5.05. The Balaban J connectivity index is 4.54. The van der Waals surface area contributed by atoms with Crippen LogP contribution in [0.3, 0.4) is 0 Å². The third-order valence-corrected chi connectivity index (χ3v) is 2.04. The fourth-order valence-electron chi connectivity index (χ4n) is 1.38. The molecule has 0 radical (unpaired) electrons. The monoisotopic (exact) mass is 213 g/mol. The molecule has 0 aliphatic rings. The van der Waals surface area contributed by atoms with Crippen molar-refractivity contribution in [1.29, 1.82) is 0 Å². The summed E-state index contributed by atoms with van der Waals surface area (Å²) in [5.41, 5.74) is 0.918. The van der Waals surface area contributed by atoms with Crippen LogP contribution in [0.5, 0.6) is 0 Å². The lowest BCUT2D eigenvalue weighted by Gasteiger charge is -2.25. The van der Waals surface area contributed by atoms with E-state index in [2.05, 4.69) is 0 Å². The summed E-state index contributed by atoms with van der Waals surface area (Å²) in [4.78, 5) is 23.7. The van der Waals surface area contributed by atoms with Crippen molar-refractivity contribution in [2.45, 2.75) is 40.2 Å². The lowest BCUT2D eigenvalue weighted by atomic mass is 10.2. The van der Waals surface area contributed by atoms with E-state index < -0.39 is 5.97 Å². The molecule has 4 nitrogen and oxygen atoms in total. The molecule has 0 aliphatic carbocycles. The van der Waals surface area contributed by atoms with Gasteiger partial charge < -0.3 is 10.0 Å². The molecule has 0 aliphatic heterocycles. The summed E-state index contributed by atoms with van der Waals surface area (Å²) in [5, 5.41) is 8.64. The van der Waals surface area contributed by atoms with Gasteiger partial charge in [0.15, 0.2) is 0 Å². The summed E-state index contributed by atoms with van der Waals surface area (Å²) in [6.07, 6.45) is 1.51. The lowest BCUT2D eigenvalue weighted by Crippen LogP contribution is -2.38. The van der Waals surface area contributed by atoms with E-state index in [1.165, 1.54) is 6.08 Å². The SMILES string of the molecule is CCN(C(=O)C=C(C)C)C(C)CC(=O)O. The Morgan fingerprint density at radius 2 is 1.93 bits per heavy atom. The smallest absolute Gasteiger partial charge is 0.305 e. The third kappa shape index (κ3) is 5.20. The molecule has 0 rings (SSSR count). The van der Waals surface area contributed by atoms with Gasteiger partial charge in [-0.3, -0.25) is 9.59 Å². The van der Waals surface area contributed by atoms with Gasteiger partial charge in [-0.25, -0.2) is 0 Å². The summed E-state index contributed by atoms with van der Waals surface area (Å²) in [6.45, 7) is 7.79. The molecule has 4 heteroatoms. The van der Waals surface area contributed by atoms with Crippen LogP contribution in [0.1, 0.15) is 34.1 Å². The van der Waals surface area contributed by atoms with E-state index in [4.69, 9.17) is 5.11 Å². The molecule has 1 unspecified atom stereocenters. The molecule has 0 aromatic carbocycles. The molecule has 15 heavy (non-hydrogen) atoms. The van der Waals surface area contributed by atoms with Gasteiger partial charge in [-0.2, -0.15) is 0 Å². The minimum absolute atomic E-state index is 0.0177. The van der Waals surface area contributed by atoms with Gasteiger partial charge in [-0.05, 0) is 27.7 Å².